The first-order valence-electron chi connectivity index (χ1n) is 5.80. The Hall–Kier alpha value is -1.28. The minimum Gasteiger partial charge on any atom is -0.444 e. The predicted molar refractivity (Wildman–Crippen MR) is 64.8 cm³/mol. The monoisotopic (exact) mass is 258 g/mol. The number of amides is 2. The van der Waals surface area contributed by atoms with Crippen molar-refractivity contribution in [2.24, 2.45) is 0 Å². The van der Waals surface area contributed by atoms with Crippen LogP contribution in [0.5, 0.6) is 0 Å². The number of alkyl carbamates (subject to hydrolysis) is 1. The quantitative estimate of drug-likeness (QED) is 0.575. The highest BCUT2D eigenvalue weighted by Crippen LogP contribution is 2.21. The van der Waals surface area contributed by atoms with Gasteiger partial charge in [0.1, 0.15) is 12.1 Å². The molecule has 2 amide bonds. The molecule has 0 atom stereocenters. The third-order valence-corrected chi connectivity index (χ3v) is 2.47. The Morgan fingerprint density at radius 2 is 1.94 bits per heavy atom. The van der Waals surface area contributed by atoms with E-state index < -0.39 is 18.8 Å². The van der Waals surface area contributed by atoms with Gasteiger partial charge in [0, 0.05) is 18.9 Å². The van der Waals surface area contributed by atoms with Crippen molar-refractivity contribution < 1.29 is 24.4 Å². The van der Waals surface area contributed by atoms with Crippen LogP contribution in [0, 0.1) is 0 Å². The zero-order valence-corrected chi connectivity index (χ0v) is 10.8. The van der Waals surface area contributed by atoms with Gasteiger partial charge in [-0.05, 0) is 20.8 Å². The molecule has 0 aliphatic carbocycles. The van der Waals surface area contributed by atoms with Crippen molar-refractivity contribution in [1.82, 2.24) is 10.2 Å². The van der Waals surface area contributed by atoms with Crippen molar-refractivity contribution in [3.8, 4) is 0 Å². The molecule has 0 radical (unpaired) electrons. The standard InChI is InChI=1S/C10H19BN2O5/c1-10(2,3)18-9(15)12-4-8(14)13-5-7(6-13)11(16)17/h7,16-17H,4-6H2,1-3H3,(H,12,15). The Kier molecular flexibility index (Phi) is 4.58. The summed E-state index contributed by atoms with van der Waals surface area (Å²) in [4.78, 5) is 24.3. The molecule has 0 saturated carbocycles. The lowest BCUT2D eigenvalue weighted by Crippen LogP contribution is -2.54. The number of rotatable bonds is 3. The van der Waals surface area contributed by atoms with E-state index in [1.807, 2.05) is 0 Å². The molecule has 7 nitrogen and oxygen atoms in total. The Balaban J connectivity index is 2.21. The largest absolute Gasteiger partial charge is 0.458 e. The van der Waals surface area contributed by atoms with Crippen molar-refractivity contribution in [3.05, 3.63) is 0 Å². The highest BCUT2D eigenvalue weighted by Gasteiger charge is 2.37. The molecule has 8 heteroatoms. The molecule has 1 aliphatic heterocycles. The first-order chi connectivity index (χ1) is 8.19. The first kappa shape index (κ1) is 14.8. The summed E-state index contributed by atoms with van der Waals surface area (Å²) in [5.41, 5.74) is -0.601. The maximum atomic E-state index is 11.6. The minimum absolute atomic E-state index is 0.150. The van der Waals surface area contributed by atoms with Crippen LogP contribution in [0.15, 0.2) is 0 Å². The van der Waals surface area contributed by atoms with Gasteiger partial charge < -0.3 is 25.0 Å². The van der Waals surface area contributed by atoms with Gasteiger partial charge in [0.05, 0.1) is 0 Å². The van der Waals surface area contributed by atoms with Crippen LogP contribution >= 0.6 is 0 Å². The Morgan fingerprint density at radius 1 is 1.39 bits per heavy atom. The summed E-state index contributed by atoms with van der Waals surface area (Å²) in [6.45, 7) is 5.65. The summed E-state index contributed by atoms with van der Waals surface area (Å²) in [5, 5.41) is 20.0. The number of hydrogen-bond donors (Lipinski definition) is 3. The van der Waals surface area contributed by atoms with E-state index in [-0.39, 0.29) is 18.3 Å². The van der Waals surface area contributed by atoms with Crippen molar-refractivity contribution in [1.29, 1.82) is 0 Å². The number of ether oxygens (including phenoxy) is 1. The Bertz CT molecular complexity index is 323. The van der Waals surface area contributed by atoms with E-state index in [1.54, 1.807) is 20.8 Å². The topological polar surface area (TPSA) is 99.1 Å². The molecular weight excluding hydrogens is 239 g/mol. The first-order valence-corrected chi connectivity index (χ1v) is 5.80. The van der Waals surface area contributed by atoms with Crippen molar-refractivity contribution in [3.63, 3.8) is 0 Å². The van der Waals surface area contributed by atoms with Crippen molar-refractivity contribution >= 4 is 19.1 Å². The maximum absolute atomic E-state index is 11.6. The normalized spacial score (nSPS) is 15.9. The second kappa shape index (κ2) is 5.58. The summed E-state index contributed by atoms with van der Waals surface area (Å²) in [5.74, 6) is -0.562. The number of nitrogens with one attached hydrogen (secondary N) is 1. The fourth-order valence-corrected chi connectivity index (χ4v) is 1.48. The van der Waals surface area contributed by atoms with E-state index >= 15 is 0 Å². The second-order valence-electron chi connectivity index (χ2n) is 5.33. The number of likely N-dealkylation sites (tertiary alicyclic amines) is 1. The van der Waals surface area contributed by atoms with Crippen molar-refractivity contribution in [2.75, 3.05) is 19.6 Å². The molecule has 0 aromatic rings. The van der Waals surface area contributed by atoms with Gasteiger partial charge in [-0.3, -0.25) is 4.79 Å². The van der Waals surface area contributed by atoms with E-state index in [0.29, 0.717) is 13.1 Å². The van der Waals surface area contributed by atoms with Crippen LogP contribution in [-0.4, -0.2) is 59.3 Å². The van der Waals surface area contributed by atoms with Crippen LogP contribution in [0.3, 0.4) is 0 Å². The van der Waals surface area contributed by atoms with E-state index in [1.165, 1.54) is 4.90 Å². The lowest BCUT2D eigenvalue weighted by Gasteiger charge is -2.38. The Labute approximate surface area is 106 Å². The number of carbonyl (C=O) groups excluding carboxylic acids is 2. The van der Waals surface area contributed by atoms with Gasteiger partial charge in [0.25, 0.3) is 0 Å². The Morgan fingerprint density at radius 3 is 2.39 bits per heavy atom. The third kappa shape index (κ3) is 4.54. The molecular formula is C10H19BN2O5. The molecule has 3 N–H and O–H groups in total. The van der Waals surface area contributed by atoms with Crippen LogP contribution in [0.1, 0.15) is 20.8 Å². The average Bonchev–Trinajstić information content (AvgIpc) is 2.08. The molecule has 0 aromatic carbocycles. The molecule has 0 unspecified atom stereocenters. The van der Waals surface area contributed by atoms with Crippen LogP contribution < -0.4 is 5.32 Å². The molecule has 0 spiro atoms. The molecule has 18 heavy (non-hydrogen) atoms. The molecule has 1 aliphatic rings. The molecule has 1 heterocycles. The van der Waals surface area contributed by atoms with Crippen molar-refractivity contribution in [2.45, 2.75) is 32.2 Å². The maximum Gasteiger partial charge on any atom is 0.458 e. The molecule has 0 bridgehead atoms. The van der Waals surface area contributed by atoms with Gasteiger partial charge in [-0.2, -0.15) is 0 Å². The SMILES string of the molecule is CC(C)(C)OC(=O)NCC(=O)N1CC(B(O)O)C1. The number of nitrogens with zero attached hydrogens (tertiary/aromatic N) is 1. The molecule has 1 saturated heterocycles. The summed E-state index contributed by atoms with van der Waals surface area (Å²) in [6, 6.07) is 0. The lowest BCUT2D eigenvalue weighted by atomic mass is 9.68. The van der Waals surface area contributed by atoms with Gasteiger partial charge in [0.15, 0.2) is 0 Å². The van der Waals surface area contributed by atoms with Crippen LogP contribution in [-0.2, 0) is 9.53 Å². The van der Waals surface area contributed by atoms with E-state index in [0.717, 1.165) is 0 Å². The summed E-state index contributed by atoms with van der Waals surface area (Å²) < 4.78 is 4.98. The van der Waals surface area contributed by atoms with Crippen LogP contribution in [0.4, 0.5) is 4.79 Å². The summed E-state index contributed by atoms with van der Waals surface area (Å²) >= 11 is 0. The molecule has 0 aromatic heterocycles. The van der Waals surface area contributed by atoms with Crippen LogP contribution in [0.2, 0.25) is 5.82 Å². The zero-order valence-electron chi connectivity index (χ0n) is 10.8. The van der Waals surface area contributed by atoms with Gasteiger partial charge in [-0.15, -0.1) is 0 Å². The number of hydrogen-bond acceptors (Lipinski definition) is 5. The van der Waals surface area contributed by atoms with E-state index in [9.17, 15) is 9.59 Å². The van der Waals surface area contributed by atoms with Crippen LogP contribution in [0.25, 0.3) is 0 Å². The highest BCUT2D eigenvalue weighted by atomic mass is 16.6. The van der Waals surface area contributed by atoms with E-state index in [2.05, 4.69) is 5.32 Å². The van der Waals surface area contributed by atoms with Gasteiger partial charge in [-0.1, -0.05) is 0 Å². The lowest BCUT2D eigenvalue weighted by molar-refractivity contribution is -0.133. The highest BCUT2D eigenvalue weighted by molar-refractivity contribution is 6.43. The van der Waals surface area contributed by atoms with Gasteiger partial charge in [0.2, 0.25) is 5.91 Å². The van der Waals surface area contributed by atoms with Gasteiger partial charge in [-0.25, -0.2) is 4.79 Å². The molecule has 1 fully saturated rings. The van der Waals surface area contributed by atoms with E-state index in [4.69, 9.17) is 14.8 Å². The minimum atomic E-state index is -1.40. The fourth-order valence-electron chi connectivity index (χ4n) is 1.48. The third-order valence-electron chi connectivity index (χ3n) is 2.47. The number of carbonyl (C=O) groups is 2. The molecule has 1 rings (SSSR count). The predicted octanol–water partition coefficient (Wildman–Crippen LogP) is -0.804. The fraction of sp³-hybridized carbons (Fsp3) is 0.800. The average molecular weight is 258 g/mol. The zero-order chi connectivity index (χ0) is 13.9. The smallest absolute Gasteiger partial charge is 0.444 e. The summed E-state index contributed by atoms with van der Waals surface area (Å²) in [7, 11) is -1.40. The second-order valence-corrected chi connectivity index (χ2v) is 5.33. The van der Waals surface area contributed by atoms with Gasteiger partial charge >= 0.3 is 13.2 Å². The summed E-state index contributed by atoms with van der Waals surface area (Å²) in [6.07, 6.45) is -0.643. The molecule has 102 valence electrons.